The second kappa shape index (κ2) is 9.69. The molecule has 144 valence electrons. The van der Waals surface area contributed by atoms with Gasteiger partial charge in [0.1, 0.15) is 18.2 Å². The summed E-state index contributed by atoms with van der Waals surface area (Å²) in [5.41, 5.74) is 2.09. The van der Waals surface area contributed by atoms with Crippen molar-refractivity contribution < 1.29 is 9.13 Å². The van der Waals surface area contributed by atoms with Crippen molar-refractivity contribution in [1.29, 1.82) is 0 Å². The molecule has 0 spiro atoms. The van der Waals surface area contributed by atoms with E-state index < -0.39 is 0 Å². The fourth-order valence-corrected chi connectivity index (χ4v) is 3.77. The number of fused-ring (bicyclic) bond motifs is 1. The zero-order valence-corrected chi connectivity index (χ0v) is 16.9. The van der Waals surface area contributed by atoms with Crippen LogP contribution in [0.15, 0.2) is 78.2 Å². The van der Waals surface area contributed by atoms with Gasteiger partial charge in [-0.3, -0.25) is 0 Å². The Hall–Kier alpha value is -2.40. The minimum absolute atomic E-state index is 0. The van der Waals surface area contributed by atoms with Gasteiger partial charge in [0.2, 0.25) is 0 Å². The molecule has 1 N–H and O–H groups in total. The Bertz CT molecular complexity index is 1020. The van der Waals surface area contributed by atoms with Gasteiger partial charge in [-0.1, -0.05) is 48.5 Å². The van der Waals surface area contributed by atoms with Gasteiger partial charge in [-0.2, -0.15) is 0 Å². The molecular weight excluding hydrogens is 393 g/mol. The molecule has 1 aromatic heterocycles. The molecule has 0 aliphatic carbocycles. The van der Waals surface area contributed by atoms with Crippen LogP contribution in [0.1, 0.15) is 16.0 Å². The van der Waals surface area contributed by atoms with Gasteiger partial charge in [0.05, 0.1) is 0 Å². The molecular formula is C23H21ClFNOS. The standard InChI is InChI=1S/C23H20FNOS.ClH/c24-19-10-7-17(8-11-19)16-26-23-12-9-18-4-1-2-6-21(18)22(23)15-25-14-20-5-3-13-27-20;/h1-13,25H,14-16H2;1H. The monoisotopic (exact) mass is 413 g/mol. The minimum Gasteiger partial charge on any atom is -0.489 e. The van der Waals surface area contributed by atoms with Crippen LogP contribution in [0.3, 0.4) is 0 Å². The van der Waals surface area contributed by atoms with Gasteiger partial charge in [-0.15, -0.1) is 23.7 Å². The van der Waals surface area contributed by atoms with E-state index in [-0.39, 0.29) is 18.2 Å². The molecule has 0 saturated heterocycles. The molecule has 1 heterocycles. The van der Waals surface area contributed by atoms with E-state index in [1.807, 2.05) is 12.1 Å². The van der Waals surface area contributed by atoms with Crippen LogP contribution in [-0.4, -0.2) is 0 Å². The van der Waals surface area contributed by atoms with E-state index in [4.69, 9.17) is 4.74 Å². The number of hydrogen-bond donors (Lipinski definition) is 1. The maximum atomic E-state index is 13.1. The highest BCUT2D eigenvalue weighted by atomic mass is 35.5. The van der Waals surface area contributed by atoms with E-state index in [0.717, 1.165) is 30.0 Å². The van der Waals surface area contributed by atoms with Gasteiger partial charge in [-0.05, 0) is 46.0 Å². The number of nitrogens with one attached hydrogen (secondary N) is 1. The largest absolute Gasteiger partial charge is 0.489 e. The van der Waals surface area contributed by atoms with Crippen LogP contribution in [0.25, 0.3) is 10.8 Å². The molecule has 0 unspecified atom stereocenters. The van der Waals surface area contributed by atoms with Crippen LogP contribution in [0.2, 0.25) is 0 Å². The van der Waals surface area contributed by atoms with Crippen LogP contribution in [0, 0.1) is 5.82 Å². The number of halogens is 2. The van der Waals surface area contributed by atoms with Crippen molar-refractivity contribution in [3.8, 4) is 5.75 Å². The van der Waals surface area contributed by atoms with Crippen LogP contribution in [-0.2, 0) is 19.7 Å². The Balaban J connectivity index is 0.00000225. The molecule has 5 heteroatoms. The van der Waals surface area contributed by atoms with E-state index in [1.165, 1.54) is 27.8 Å². The number of ether oxygens (including phenoxy) is 1. The summed E-state index contributed by atoms with van der Waals surface area (Å²) in [6.45, 7) is 1.97. The summed E-state index contributed by atoms with van der Waals surface area (Å²) in [7, 11) is 0. The first-order valence-electron chi connectivity index (χ1n) is 8.90. The summed E-state index contributed by atoms with van der Waals surface area (Å²) in [6.07, 6.45) is 0. The highest BCUT2D eigenvalue weighted by Gasteiger charge is 2.09. The van der Waals surface area contributed by atoms with Gasteiger partial charge < -0.3 is 10.1 Å². The first kappa shape index (κ1) is 20.3. The van der Waals surface area contributed by atoms with Crippen molar-refractivity contribution in [3.63, 3.8) is 0 Å². The van der Waals surface area contributed by atoms with E-state index in [2.05, 4.69) is 47.1 Å². The maximum Gasteiger partial charge on any atom is 0.124 e. The van der Waals surface area contributed by atoms with Crippen molar-refractivity contribution >= 4 is 34.5 Å². The molecule has 4 rings (SSSR count). The van der Waals surface area contributed by atoms with Crippen LogP contribution < -0.4 is 10.1 Å². The smallest absolute Gasteiger partial charge is 0.124 e. The Labute approximate surface area is 174 Å². The van der Waals surface area contributed by atoms with Crippen LogP contribution in [0.4, 0.5) is 4.39 Å². The van der Waals surface area contributed by atoms with Crippen LogP contribution >= 0.6 is 23.7 Å². The molecule has 0 saturated carbocycles. The fraction of sp³-hybridized carbons (Fsp3) is 0.130. The number of rotatable bonds is 7. The molecule has 0 aliphatic rings. The fourth-order valence-electron chi connectivity index (χ4n) is 3.10. The molecule has 3 aromatic carbocycles. The lowest BCUT2D eigenvalue weighted by atomic mass is 10.0. The molecule has 0 radical (unpaired) electrons. The average molecular weight is 414 g/mol. The molecule has 0 fully saturated rings. The summed E-state index contributed by atoms with van der Waals surface area (Å²) >= 11 is 1.75. The molecule has 2 nitrogen and oxygen atoms in total. The highest BCUT2D eigenvalue weighted by Crippen LogP contribution is 2.29. The maximum absolute atomic E-state index is 13.1. The summed E-state index contributed by atoms with van der Waals surface area (Å²) in [5, 5.41) is 7.99. The molecule has 28 heavy (non-hydrogen) atoms. The zero-order chi connectivity index (χ0) is 18.5. The van der Waals surface area contributed by atoms with Gasteiger partial charge in [0, 0.05) is 23.5 Å². The Morgan fingerprint density at radius 3 is 2.46 bits per heavy atom. The van der Waals surface area contributed by atoms with E-state index in [0.29, 0.717) is 6.61 Å². The third-order valence-electron chi connectivity index (χ3n) is 4.49. The molecule has 0 bridgehead atoms. The first-order chi connectivity index (χ1) is 13.3. The minimum atomic E-state index is -0.233. The lowest BCUT2D eigenvalue weighted by Crippen LogP contribution is -2.13. The Morgan fingerprint density at radius 2 is 1.68 bits per heavy atom. The van der Waals surface area contributed by atoms with E-state index in [1.54, 1.807) is 23.5 Å². The highest BCUT2D eigenvalue weighted by molar-refractivity contribution is 7.09. The van der Waals surface area contributed by atoms with E-state index in [9.17, 15) is 4.39 Å². The topological polar surface area (TPSA) is 21.3 Å². The summed E-state index contributed by atoms with van der Waals surface area (Å²) in [6, 6.07) is 23.1. The number of hydrogen-bond acceptors (Lipinski definition) is 3. The van der Waals surface area contributed by atoms with Gasteiger partial charge in [0.15, 0.2) is 0 Å². The van der Waals surface area contributed by atoms with Crippen molar-refractivity contribution in [2.24, 2.45) is 0 Å². The summed E-state index contributed by atoms with van der Waals surface area (Å²) in [5.74, 6) is 0.625. The van der Waals surface area contributed by atoms with E-state index >= 15 is 0 Å². The predicted molar refractivity (Wildman–Crippen MR) is 117 cm³/mol. The first-order valence-corrected chi connectivity index (χ1v) is 9.78. The molecule has 0 amide bonds. The normalized spacial score (nSPS) is 10.6. The van der Waals surface area contributed by atoms with Gasteiger partial charge >= 0.3 is 0 Å². The van der Waals surface area contributed by atoms with Crippen molar-refractivity contribution in [2.45, 2.75) is 19.7 Å². The second-order valence-corrected chi connectivity index (χ2v) is 7.39. The predicted octanol–water partition coefficient (Wildman–Crippen LogP) is 6.33. The van der Waals surface area contributed by atoms with Crippen molar-refractivity contribution in [2.75, 3.05) is 0 Å². The zero-order valence-electron chi connectivity index (χ0n) is 15.2. The second-order valence-electron chi connectivity index (χ2n) is 6.36. The Kier molecular flexibility index (Phi) is 7.04. The summed E-state index contributed by atoms with van der Waals surface area (Å²) in [4.78, 5) is 1.31. The van der Waals surface area contributed by atoms with Crippen molar-refractivity contribution in [3.05, 3.63) is 100.0 Å². The molecule has 0 atom stereocenters. The molecule has 4 aromatic rings. The van der Waals surface area contributed by atoms with Gasteiger partial charge in [-0.25, -0.2) is 4.39 Å². The molecule has 0 aliphatic heterocycles. The SMILES string of the molecule is Cl.Fc1ccc(COc2ccc3ccccc3c2CNCc2cccs2)cc1. The quantitative estimate of drug-likeness (QED) is 0.382. The lowest BCUT2D eigenvalue weighted by Gasteiger charge is -2.15. The third-order valence-corrected chi connectivity index (χ3v) is 5.36. The Morgan fingerprint density at radius 1 is 0.857 bits per heavy atom. The average Bonchev–Trinajstić information content (AvgIpc) is 3.22. The number of benzene rings is 3. The van der Waals surface area contributed by atoms with Gasteiger partial charge in [0.25, 0.3) is 0 Å². The summed E-state index contributed by atoms with van der Waals surface area (Å²) < 4.78 is 19.2. The van der Waals surface area contributed by atoms with Crippen molar-refractivity contribution in [1.82, 2.24) is 5.32 Å². The lowest BCUT2D eigenvalue weighted by molar-refractivity contribution is 0.302. The number of thiophene rings is 1. The van der Waals surface area contributed by atoms with Crippen LogP contribution in [0.5, 0.6) is 5.75 Å². The third kappa shape index (κ3) is 4.90.